The van der Waals surface area contributed by atoms with Crippen molar-refractivity contribution in [1.82, 2.24) is 0 Å². The predicted octanol–water partition coefficient (Wildman–Crippen LogP) is 0.311. The van der Waals surface area contributed by atoms with Gasteiger partial charge in [-0.1, -0.05) is 18.2 Å². The van der Waals surface area contributed by atoms with E-state index >= 15 is 0 Å². The Hall–Kier alpha value is -2.49. The Labute approximate surface area is 151 Å². The minimum absolute atomic E-state index is 0.112. The van der Waals surface area contributed by atoms with Crippen LogP contribution in [0.2, 0.25) is 0 Å². The summed E-state index contributed by atoms with van der Waals surface area (Å²) in [6.07, 6.45) is 4.24. The summed E-state index contributed by atoms with van der Waals surface area (Å²) < 4.78 is 13.5. The molecule has 0 bridgehead atoms. The summed E-state index contributed by atoms with van der Waals surface area (Å²) >= 11 is 0. The topological polar surface area (TPSA) is 140 Å². The van der Waals surface area contributed by atoms with E-state index < -0.39 is 43.7 Å². The predicted molar refractivity (Wildman–Crippen MR) is 88.9 cm³/mol. The number of carbonyl (C=O) groups excluding carboxylic acids is 3. The maximum atomic E-state index is 11.7. The molecule has 0 aliphatic rings. The third-order valence-corrected chi connectivity index (χ3v) is 3.14. The Morgan fingerprint density at radius 1 is 0.692 bits per heavy atom. The average molecular weight is 372 g/mol. The Bertz CT molecular complexity index is 530. The van der Waals surface area contributed by atoms with Gasteiger partial charge in [0.25, 0.3) is 0 Å². The molecule has 0 rings (SSSR count). The van der Waals surface area contributed by atoms with Gasteiger partial charge < -0.3 is 29.5 Å². The summed E-state index contributed by atoms with van der Waals surface area (Å²) in [4.78, 5) is 35.2. The molecule has 0 aromatic rings. The second-order valence-corrected chi connectivity index (χ2v) is 5.53. The lowest BCUT2D eigenvalue weighted by atomic mass is 9.84. The van der Waals surface area contributed by atoms with E-state index in [4.69, 9.17) is 15.3 Å². The van der Waals surface area contributed by atoms with Gasteiger partial charge in [-0.3, -0.25) is 0 Å². The molecule has 0 heterocycles. The number of carbonyl (C=O) groups is 3. The van der Waals surface area contributed by atoms with E-state index in [9.17, 15) is 14.4 Å². The molecule has 0 saturated heterocycles. The lowest BCUT2D eigenvalue weighted by molar-refractivity contribution is -0.147. The zero-order chi connectivity index (χ0) is 20.3. The summed E-state index contributed by atoms with van der Waals surface area (Å²) in [7, 11) is 0. The first-order chi connectivity index (χ1) is 12.1. The van der Waals surface area contributed by atoms with Gasteiger partial charge in [-0.05, 0) is 27.7 Å². The molecular formula is C17H24O9. The van der Waals surface area contributed by atoms with Gasteiger partial charge in [0.2, 0.25) is 0 Å². The Kier molecular flexibility index (Phi) is 10.1. The summed E-state index contributed by atoms with van der Waals surface area (Å²) in [5, 5.41) is 26.0. The molecule has 0 amide bonds. The van der Waals surface area contributed by atoms with Crippen LogP contribution in [0.3, 0.4) is 0 Å². The highest BCUT2D eigenvalue weighted by Gasteiger charge is 2.23. The summed E-state index contributed by atoms with van der Waals surface area (Å²) in [5.74, 6) is -2.36. The molecular weight excluding hydrogens is 348 g/mol. The third-order valence-electron chi connectivity index (χ3n) is 3.14. The molecule has 0 saturated carbocycles. The maximum absolute atomic E-state index is 11.7. The van der Waals surface area contributed by atoms with Crippen molar-refractivity contribution in [2.45, 2.75) is 27.7 Å². The lowest BCUT2D eigenvalue weighted by Gasteiger charge is -2.21. The van der Waals surface area contributed by atoms with Crippen LogP contribution >= 0.6 is 0 Å². The molecule has 9 nitrogen and oxygen atoms in total. The summed E-state index contributed by atoms with van der Waals surface area (Å²) in [6, 6.07) is 0. The molecule has 0 aliphatic carbocycles. The van der Waals surface area contributed by atoms with E-state index in [0.29, 0.717) is 0 Å². The van der Waals surface area contributed by atoms with Crippen LogP contribution in [0, 0.1) is 5.41 Å². The normalized spacial score (nSPS) is 15.1. The van der Waals surface area contributed by atoms with Crippen molar-refractivity contribution in [1.29, 1.82) is 0 Å². The zero-order valence-corrected chi connectivity index (χ0v) is 15.1. The number of aliphatic hydroxyl groups excluding tert-OH is 3. The number of rotatable bonds is 9. The van der Waals surface area contributed by atoms with Gasteiger partial charge in [0.1, 0.15) is 0 Å². The van der Waals surface area contributed by atoms with Crippen molar-refractivity contribution >= 4 is 17.9 Å². The number of esters is 3. The van der Waals surface area contributed by atoms with Crippen LogP contribution < -0.4 is 0 Å². The highest BCUT2D eigenvalue weighted by molar-refractivity contribution is 5.90. The second kappa shape index (κ2) is 11.2. The molecule has 146 valence electrons. The van der Waals surface area contributed by atoms with Crippen molar-refractivity contribution < 1.29 is 43.9 Å². The van der Waals surface area contributed by atoms with Crippen molar-refractivity contribution in [2.24, 2.45) is 5.41 Å². The number of hydrogen-bond donors (Lipinski definition) is 3. The third kappa shape index (κ3) is 8.06. The smallest absolute Gasteiger partial charge is 0.335 e. The lowest BCUT2D eigenvalue weighted by Crippen LogP contribution is -2.17. The summed E-state index contributed by atoms with van der Waals surface area (Å²) in [6.45, 7) is 3.50. The average Bonchev–Trinajstić information content (AvgIpc) is 2.54. The fourth-order valence-electron chi connectivity index (χ4n) is 2.22. The van der Waals surface area contributed by atoms with Crippen LogP contribution in [0.4, 0.5) is 0 Å². The molecule has 0 atom stereocenters. The number of ether oxygens (including phenoxy) is 3. The Morgan fingerprint density at radius 2 is 0.923 bits per heavy atom. The van der Waals surface area contributed by atoms with Gasteiger partial charge in [0.05, 0.1) is 0 Å². The molecule has 0 fully saturated rings. The van der Waals surface area contributed by atoms with E-state index in [1.54, 1.807) is 6.92 Å². The van der Waals surface area contributed by atoms with Crippen LogP contribution in [0.1, 0.15) is 27.7 Å². The quantitative estimate of drug-likeness (QED) is 0.226. The van der Waals surface area contributed by atoms with Crippen LogP contribution in [0.15, 0.2) is 34.9 Å². The number of hydrogen-bond acceptors (Lipinski definition) is 9. The maximum Gasteiger partial charge on any atom is 0.335 e. The fraction of sp³-hybridized carbons (Fsp3) is 0.471. The second-order valence-electron chi connectivity index (χ2n) is 5.53. The molecule has 9 heteroatoms. The first kappa shape index (κ1) is 23.5. The molecule has 26 heavy (non-hydrogen) atoms. The molecule has 0 aromatic carbocycles. The van der Waals surface area contributed by atoms with Gasteiger partial charge in [0.15, 0.2) is 20.4 Å². The minimum atomic E-state index is -1.13. The van der Waals surface area contributed by atoms with E-state index in [1.807, 2.05) is 0 Å². The van der Waals surface area contributed by atoms with Gasteiger partial charge in [-0.15, -0.1) is 0 Å². The Morgan fingerprint density at radius 3 is 1.12 bits per heavy atom. The van der Waals surface area contributed by atoms with E-state index in [1.165, 1.54) is 39.0 Å². The largest absolute Gasteiger partial charge is 0.435 e. The molecule has 0 aromatic heterocycles. The van der Waals surface area contributed by atoms with Gasteiger partial charge >= 0.3 is 17.9 Å². The van der Waals surface area contributed by atoms with Crippen LogP contribution in [0.5, 0.6) is 0 Å². The van der Waals surface area contributed by atoms with Crippen LogP contribution in [-0.2, 0) is 28.6 Å². The fourth-order valence-corrected chi connectivity index (χ4v) is 2.22. The molecule has 0 spiro atoms. The first-order valence-corrected chi connectivity index (χ1v) is 7.52. The molecule has 0 unspecified atom stereocenters. The molecule has 3 N–H and O–H groups in total. The molecule has 0 radical (unpaired) electrons. The number of aliphatic hydroxyl groups is 3. The van der Waals surface area contributed by atoms with Gasteiger partial charge in [-0.2, -0.15) is 0 Å². The molecule has 0 aliphatic heterocycles. The Balaban J connectivity index is 6.01. The zero-order valence-electron chi connectivity index (χ0n) is 15.1. The van der Waals surface area contributed by atoms with Gasteiger partial charge in [0, 0.05) is 22.1 Å². The highest BCUT2D eigenvalue weighted by Crippen LogP contribution is 2.28. The van der Waals surface area contributed by atoms with E-state index in [2.05, 4.69) is 14.2 Å². The van der Waals surface area contributed by atoms with Crippen LogP contribution in [-0.4, -0.2) is 53.6 Å². The van der Waals surface area contributed by atoms with Crippen molar-refractivity contribution in [3.05, 3.63) is 34.9 Å². The monoisotopic (exact) mass is 372 g/mol. The van der Waals surface area contributed by atoms with E-state index in [0.717, 1.165) is 0 Å². The minimum Gasteiger partial charge on any atom is -0.435 e. The highest BCUT2D eigenvalue weighted by atomic mass is 16.6. The number of allylic oxidation sites excluding steroid dienone is 3. The standard InChI is InChI=1S/C17H24O9/c1-11(14(21)24-8-18)5-17(4,6-12(2)15(22)25-9-19)7-13(3)16(23)26-10-20/h5-7,18-20H,8-10H2,1-4H3. The van der Waals surface area contributed by atoms with Crippen molar-refractivity contribution in [2.75, 3.05) is 20.4 Å². The SMILES string of the molecule is CC(=CC(C)(C=C(C)C(=O)OCO)C=C(C)C(=O)OCO)C(=O)OCO. The van der Waals surface area contributed by atoms with Crippen molar-refractivity contribution in [3.8, 4) is 0 Å². The van der Waals surface area contributed by atoms with Crippen molar-refractivity contribution in [3.63, 3.8) is 0 Å². The summed E-state index contributed by atoms with van der Waals surface area (Å²) in [5.41, 5.74) is -0.794. The van der Waals surface area contributed by atoms with Gasteiger partial charge in [-0.25, -0.2) is 14.4 Å². The first-order valence-electron chi connectivity index (χ1n) is 7.52. The van der Waals surface area contributed by atoms with Crippen LogP contribution in [0.25, 0.3) is 0 Å². The van der Waals surface area contributed by atoms with E-state index in [-0.39, 0.29) is 16.7 Å².